The molecule has 3 heterocycles. The van der Waals surface area contributed by atoms with Crippen LogP contribution in [0.2, 0.25) is 0 Å². The van der Waals surface area contributed by atoms with E-state index >= 15 is 0 Å². The molecule has 1 amide bonds. The summed E-state index contributed by atoms with van der Waals surface area (Å²) in [6.45, 7) is 4.26. The Balaban J connectivity index is 1.20. The van der Waals surface area contributed by atoms with Crippen LogP contribution < -0.4 is 10.2 Å². The Labute approximate surface area is 172 Å². The van der Waals surface area contributed by atoms with Crippen LogP contribution in [0.5, 0.6) is 0 Å². The van der Waals surface area contributed by atoms with Gasteiger partial charge in [0.1, 0.15) is 5.54 Å². The summed E-state index contributed by atoms with van der Waals surface area (Å²) in [7, 11) is 0. The van der Waals surface area contributed by atoms with Gasteiger partial charge in [-0.25, -0.2) is 0 Å². The Kier molecular flexibility index (Phi) is 5.02. The normalized spacial score (nSPS) is 26.8. The fourth-order valence-corrected chi connectivity index (χ4v) is 5.22. The number of amides is 1. The molecule has 2 atom stereocenters. The molecule has 0 aliphatic carbocycles. The molecule has 2 unspecified atom stereocenters. The van der Waals surface area contributed by atoms with Gasteiger partial charge in [0.25, 0.3) is 0 Å². The van der Waals surface area contributed by atoms with Crippen molar-refractivity contribution < 1.29 is 9.53 Å². The van der Waals surface area contributed by atoms with Crippen LogP contribution in [0.3, 0.4) is 0 Å². The number of anilines is 1. The van der Waals surface area contributed by atoms with E-state index in [2.05, 4.69) is 57.6 Å². The van der Waals surface area contributed by atoms with Crippen molar-refractivity contribution in [3.8, 4) is 0 Å². The highest BCUT2D eigenvalue weighted by molar-refractivity contribution is 5.93. The summed E-state index contributed by atoms with van der Waals surface area (Å²) in [6, 6.07) is 21.0. The van der Waals surface area contributed by atoms with Gasteiger partial charge in [-0.3, -0.25) is 4.79 Å². The average Bonchev–Trinajstić information content (AvgIpc) is 3.36. The van der Waals surface area contributed by atoms with E-state index in [1.807, 2.05) is 18.2 Å². The Morgan fingerprint density at radius 2 is 1.69 bits per heavy atom. The molecule has 3 aliphatic heterocycles. The molecule has 0 aromatic heterocycles. The second-order valence-electron chi connectivity index (χ2n) is 8.56. The first-order valence-electron chi connectivity index (χ1n) is 10.7. The van der Waals surface area contributed by atoms with Crippen LogP contribution in [-0.2, 0) is 9.53 Å². The van der Waals surface area contributed by atoms with E-state index < -0.39 is 5.54 Å². The third kappa shape index (κ3) is 3.53. The van der Waals surface area contributed by atoms with E-state index in [1.165, 1.54) is 5.56 Å². The number of piperidine rings is 1. The quantitative estimate of drug-likeness (QED) is 0.870. The number of ether oxygens (including phenoxy) is 1. The minimum Gasteiger partial charge on any atom is -0.376 e. The van der Waals surface area contributed by atoms with Crippen molar-refractivity contribution in [3.63, 3.8) is 0 Å². The largest absolute Gasteiger partial charge is 0.376 e. The highest BCUT2D eigenvalue weighted by atomic mass is 16.5. The molecule has 1 spiro atoms. The fraction of sp³-hybridized carbons (Fsp3) is 0.458. The third-order valence-electron chi connectivity index (χ3n) is 6.90. The maximum atomic E-state index is 12.8. The van der Waals surface area contributed by atoms with Gasteiger partial charge < -0.3 is 19.9 Å². The number of likely N-dealkylation sites (tertiary alicyclic amines) is 1. The van der Waals surface area contributed by atoms with Crippen molar-refractivity contribution in [3.05, 3.63) is 66.2 Å². The maximum absolute atomic E-state index is 12.8. The van der Waals surface area contributed by atoms with Crippen LogP contribution >= 0.6 is 0 Å². The molecule has 29 heavy (non-hydrogen) atoms. The number of hydrogen-bond acceptors (Lipinski definition) is 4. The van der Waals surface area contributed by atoms with Crippen molar-refractivity contribution in [1.29, 1.82) is 0 Å². The molecule has 1 N–H and O–H groups in total. The Morgan fingerprint density at radius 3 is 2.41 bits per heavy atom. The first-order chi connectivity index (χ1) is 14.2. The van der Waals surface area contributed by atoms with Gasteiger partial charge in [-0.15, -0.1) is 0 Å². The molecule has 5 rings (SSSR count). The summed E-state index contributed by atoms with van der Waals surface area (Å²) >= 11 is 0. The van der Waals surface area contributed by atoms with Crippen molar-refractivity contribution >= 4 is 11.6 Å². The second kappa shape index (κ2) is 7.81. The summed E-state index contributed by atoms with van der Waals surface area (Å²) in [5.74, 6) is 0.689. The van der Waals surface area contributed by atoms with E-state index in [0.29, 0.717) is 12.6 Å². The topological polar surface area (TPSA) is 44.8 Å². The van der Waals surface area contributed by atoms with Gasteiger partial charge >= 0.3 is 0 Å². The number of rotatable bonds is 4. The van der Waals surface area contributed by atoms with Gasteiger partial charge in [0.05, 0.1) is 19.4 Å². The van der Waals surface area contributed by atoms with Gasteiger partial charge in [0.2, 0.25) is 5.91 Å². The molecule has 2 aromatic carbocycles. The van der Waals surface area contributed by atoms with E-state index in [1.54, 1.807) is 0 Å². The van der Waals surface area contributed by atoms with Crippen molar-refractivity contribution in [1.82, 2.24) is 10.2 Å². The lowest BCUT2D eigenvalue weighted by Crippen LogP contribution is -2.57. The average molecular weight is 392 g/mol. The summed E-state index contributed by atoms with van der Waals surface area (Å²) in [5.41, 5.74) is 2.11. The second-order valence-corrected chi connectivity index (χ2v) is 8.56. The highest BCUT2D eigenvalue weighted by Gasteiger charge is 2.50. The molecular formula is C24H29N3O2. The molecule has 152 valence electrons. The molecule has 0 bridgehead atoms. The van der Waals surface area contributed by atoms with Crippen LogP contribution in [0, 0.1) is 0 Å². The summed E-state index contributed by atoms with van der Waals surface area (Å²) in [5, 5.41) is 3.08. The first kappa shape index (κ1) is 18.6. The van der Waals surface area contributed by atoms with E-state index in [9.17, 15) is 4.79 Å². The van der Waals surface area contributed by atoms with Crippen LogP contribution in [-0.4, -0.2) is 55.4 Å². The van der Waals surface area contributed by atoms with Crippen LogP contribution in [0.4, 0.5) is 5.69 Å². The number of carbonyl (C=O) groups excluding carboxylic acids is 1. The van der Waals surface area contributed by atoms with Gasteiger partial charge in [0.15, 0.2) is 0 Å². The number of nitrogens with one attached hydrogen (secondary N) is 1. The third-order valence-corrected chi connectivity index (χ3v) is 6.90. The minimum atomic E-state index is -0.402. The monoisotopic (exact) mass is 391 g/mol. The summed E-state index contributed by atoms with van der Waals surface area (Å²) in [6.07, 6.45) is 3.10. The van der Waals surface area contributed by atoms with E-state index in [0.717, 1.165) is 51.2 Å². The van der Waals surface area contributed by atoms with E-state index in [4.69, 9.17) is 4.74 Å². The van der Waals surface area contributed by atoms with Crippen molar-refractivity contribution in [2.45, 2.75) is 36.8 Å². The van der Waals surface area contributed by atoms with Gasteiger partial charge in [-0.05, 0) is 37.0 Å². The Morgan fingerprint density at radius 1 is 1.00 bits per heavy atom. The van der Waals surface area contributed by atoms with Gasteiger partial charge in [-0.2, -0.15) is 0 Å². The zero-order valence-electron chi connectivity index (χ0n) is 16.8. The molecule has 3 aliphatic rings. The molecule has 5 nitrogen and oxygen atoms in total. The number of benzene rings is 2. The predicted octanol–water partition coefficient (Wildman–Crippen LogP) is 2.99. The lowest BCUT2D eigenvalue weighted by molar-refractivity contribution is -0.125. The molecular weight excluding hydrogens is 362 g/mol. The summed E-state index contributed by atoms with van der Waals surface area (Å²) < 4.78 is 6.12. The SMILES string of the molecule is O=C1NCN(c2ccccc2)C12CCN(CC1CC(c3ccccc3)CO1)CC2. The lowest BCUT2D eigenvalue weighted by atomic mass is 9.85. The number of hydrogen-bond donors (Lipinski definition) is 1. The van der Waals surface area contributed by atoms with Crippen molar-refractivity contribution in [2.24, 2.45) is 0 Å². The number of carbonyl (C=O) groups is 1. The molecule has 3 fully saturated rings. The zero-order valence-corrected chi connectivity index (χ0v) is 16.8. The Hall–Kier alpha value is -2.37. The maximum Gasteiger partial charge on any atom is 0.247 e. The minimum absolute atomic E-state index is 0.183. The fourth-order valence-electron chi connectivity index (χ4n) is 5.22. The summed E-state index contributed by atoms with van der Waals surface area (Å²) in [4.78, 5) is 17.5. The van der Waals surface area contributed by atoms with Gasteiger partial charge in [-0.1, -0.05) is 48.5 Å². The van der Waals surface area contributed by atoms with E-state index in [-0.39, 0.29) is 12.0 Å². The van der Waals surface area contributed by atoms with Gasteiger partial charge in [0, 0.05) is 31.2 Å². The molecule has 5 heteroatoms. The standard InChI is InChI=1S/C24H29N3O2/c28-23-24(27(18-25-23)21-9-5-2-6-10-21)11-13-26(14-12-24)16-22-15-20(17-29-22)19-7-3-1-4-8-19/h1-10,20,22H,11-18H2,(H,25,28). The van der Waals surface area contributed by atoms with Crippen LogP contribution in [0.25, 0.3) is 0 Å². The zero-order chi connectivity index (χ0) is 19.7. The van der Waals surface area contributed by atoms with Crippen LogP contribution in [0.15, 0.2) is 60.7 Å². The molecule has 3 saturated heterocycles. The Bertz CT molecular complexity index is 834. The lowest BCUT2D eigenvalue weighted by Gasteiger charge is -2.43. The first-order valence-corrected chi connectivity index (χ1v) is 10.7. The number of para-hydroxylation sites is 1. The molecule has 2 aromatic rings. The highest BCUT2D eigenvalue weighted by Crippen LogP contribution is 2.37. The van der Waals surface area contributed by atoms with Crippen LogP contribution in [0.1, 0.15) is 30.7 Å². The predicted molar refractivity (Wildman–Crippen MR) is 114 cm³/mol. The number of nitrogens with zero attached hydrogens (tertiary/aromatic N) is 2. The molecule has 0 saturated carbocycles. The molecule has 0 radical (unpaired) electrons. The van der Waals surface area contributed by atoms with Crippen molar-refractivity contribution in [2.75, 3.05) is 37.8 Å². The smallest absolute Gasteiger partial charge is 0.247 e.